The van der Waals surface area contributed by atoms with Crippen molar-refractivity contribution in [3.63, 3.8) is 0 Å². The summed E-state index contributed by atoms with van der Waals surface area (Å²) in [6, 6.07) is 9.15. The van der Waals surface area contributed by atoms with Gasteiger partial charge in [-0.2, -0.15) is 0 Å². The quantitative estimate of drug-likeness (QED) is 0.568. The molecule has 2 aliphatic heterocycles. The van der Waals surface area contributed by atoms with Crippen molar-refractivity contribution in [1.29, 1.82) is 0 Å². The molecule has 1 fully saturated rings. The third-order valence-electron chi connectivity index (χ3n) is 3.43. The number of nitrogens with zero attached hydrogens (tertiary/aromatic N) is 1. The number of aliphatic hydroxyl groups excluding tert-OH is 4. The molecule has 0 amide bonds. The fourth-order valence-corrected chi connectivity index (χ4v) is 3.35. The first-order valence-corrected chi connectivity index (χ1v) is 7.22. The summed E-state index contributed by atoms with van der Waals surface area (Å²) in [4.78, 5) is 5.21. The molecule has 0 aromatic heterocycles. The van der Waals surface area contributed by atoms with Crippen LogP contribution in [0.5, 0.6) is 0 Å². The lowest BCUT2D eigenvalue weighted by molar-refractivity contribution is -0.318. The van der Waals surface area contributed by atoms with E-state index in [-0.39, 0.29) is 0 Å². The Morgan fingerprint density at radius 1 is 1.14 bits per heavy atom. The third-order valence-corrected chi connectivity index (χ3v) is 4.63. The number of thioether (sulfide) groups is 1. The van der Waals surface area contributed by atoms with E-state index >= 15 is 0 Å². The van der Waals surface area contributed by atoms with E-state index in [4.69, 9.17) is 9.57 Å². The van der Waals surface area contributed by atoms with Gasteiger partial charge in [0.1, 0.15) is 23.4 Å². The van der Waals surface area contributed by atoms with E-state index in [1.165, 1.54) is 0 Å². The van der Waals surface area contributed by atoms with Gasteiger partial charge in [-0.1, -0.05) is 35.5 Å². The van der Waals surface area contributed by atoms with Crippen molar-refractivity contribution < 1.29 is 30.0 Å². The number of hydrogen-bond donors (Lipinski definition) is 4. The zero-order valence-electron chi connectivity index (χ0n) is 10.9. The van der Waals surface area contributed by atoms with Gasteiger partial charge in [-0.3, -0.25) is 0 Å². The standard InChI is InChI=1S/C13H15NO6S/c15-6-8-9(16)10(17)11(18)13(19-8)20-14-12(21-13)7-4-2-1-3-5-7/h1-5,8-11,15-18H,6H2/t8-,9-,10+,11-,13+/m1/s1. The van der Waals surface area contributed by atoms with E-state index in [2.05, 4.69) is 5.16 Å². The Morgan fingerprint density at radius 2 is 1.86 bits per heavy atom. The van der Waals surface area contributed by atoms with Gasteiger partial charge in [0.15, 0.2) is 6.10 Å². The van der Waals surface area contributed by atoms with Crippen LogP contribution in [0.25, 0.3) is 0 Å². The number of hydrogen-bond acceptors (Lipinski definition) is 8. The van der Waals surface area contributed by atoms with E-state index in [0.29, 0.717) is 5.04 Å². The number of oxime groups is 1. The second kappa shape index (κ2) is 5.56. The normalized spacial score (nSPS) is 39.1. The Balaban J connectivity index is 1.83. The number of ether oxygens (including phenoxy) is 1. The molecule has 0 unspecified atom stereocenters. The van der Waals surface area contributed by atoms with Gasteiger partial charge in [0.25, 0.3) is 0 Å². The molecule has 7 nitrogen and oxygen atoms in total. The largest absolute Gasteiger partial charge is 0.394 e. The molecule has 5 atom stereocenters. The van der Waals surface area contributed by atoms with Crippen LogP contribution in [-0.2, 0) is 9.57 Å². The van der Waals surface area contributed by atoms with Gasteiger partial charge in [-0.05, 0) is 11.8 Å². The highest BCUT2D eigenvalue weighted by Crippen LogP contribution is 2.45. The zero-order chi connectivity index (χ0) is 15.0. The predicted octanol–water partition coefficient (Wildman–Crippen LogP) is -0.761. The van der Waals surface area contributed by atoms with Crippen LogP contribution in [0.15, 0.2) is 35.5 Å². The summed E-state index contributed by atoms with van der Waals surface area (Å²) < 4.78 is 5.45. The van der Waals surface area contributed by atoms with Crippen LogP contribution in [0.3, 0.4) is 0 Å². The molecule has 1 saturated heterocycles. The minimum absolute atomic E-state index is 0.481. The summed E-state index contributed by atoms with van der Waals surface area (Å²) in [7, 11) is 0. The van der Waals surface area contributed by atoms with Crippen molar-refractivity contribution in [3.05, 3.63) is 35.9 Å². The van der Waals surface area contributed by atoms with E-state index in [9.17, 15) is 20.4 Å². The monoisotopic (exact) mass is 313 g/mol. The molecule has 0 radical (unpaired) electrons. The molecular formula is C13H15NO6S. The van der Waals surface area contributed by atoms with Crippen LogP contribution >= 0.6 is 11.8 Å². The van der Waals surface area contributed by atoms with Gasteiger partial charge in [0.05, 0.1) is 6.61 Å². The smallest absolute Gasteiger partial charge is 0.320 e. The fourth-order valence-electron chi connectivity index (χ4n) is 2.24. The average Bonchev–Trinajstić information content (AvgIpc) is 2.95. The molecule has 1 aromatic rings. The highest BCUT2D eigenvalue weighted by atomic mass is 32.2. The van der Waals surface area contributed by atoms with Gasteiger partial charge in [0.2, 0.25) is 0 Å². The molecule has 0 saturated carbocycles. The molecule has 21 heavy (non-hydrogen) atoms. The average molecular weight is 313 g/mol. The van der Waals surface area contributed by atoms with Crippen LogP contribution in [0, 0.1) is 0 Å². The molecule has 1 aromatic carbocycles. The van der Waals surface area contributed by atoms with Gasteiger partial charge in [-0.15, -0.1) is 0 Å². The Hall–Kier alpha value is -1.16. The molecule has 1 spiro atoms. The Morgan fingerprint density at radius 3 is 2.52 bits per heavy atom. The summed E-state index contributed by atoms with van der Waals surface area (Å²) >= 11 is 0.993. The van der Waals surface area contributed by atoms with Crippen molar-refractivity contribution in [3.8, 4) is 0 Å². The number of benzene rings is 1. The van der Waals surface area contributed by atoms with Crippen LogP contribution in [0.4, 0.5) is 0 Å². The first-order valence-electron chi connectivity index (χ1n) is 6.41. The Bertz CT molecular complexity index is 539. The van der Waals surface area contributed by atoms with Crippen LogP contribution in [0.1, 0.15) is 5.56 Å². The minimum atomic E-state index is -1.67. The highest BCUT2D eigenvalue weighted by Gasteiger charge is 2.59. The van der Waals surface area contributed by atoms with Gasteiger partial charge >= 0.3 is 5.12 Å². The molecule has 8 heteroatoms. The molecule has 0 bridgehead atoms. The van der Waals surface area contributed by atoms with Crippen molar-refractivity contribution in [2.75, 3.05) is 6.61 Å². The summed E-state index contributed by atoms with van der Waals surface area (Å²) in [5, 5.41) is 41.7. The van der Waals surface area contributed by atoms with E-state index in [1.54, 1.807) is 0 Å². The van der Waals surface area contributed by atoms with E-state index in [0.717, 1.165) is 17.3 Å². The SMILES string of the molecule is OC[C@H]1O[C@]2(ON=C(c3ccccc3)S2)[C@H](O)[C@@H](O)[C@@H]1O. The first kappa shape index (κ1) is 14.8. The maximum Gasteiger partial charge on any atom is 0.320 e. The highest BCUT2D eigenvalue weighted by molar-refractivity contribution is 8.15. The Labute approximate surface area is 124 Å². The number of aliphatic hydroxyl groups is 4. The van der Waals surface area contributed by atoms with Gasteiger partial charge in [-0.25, -0.2) is 0 Å². The predicted molar refractivity (Wildman–Crippen MR) is 74.4 cm³/mol. The topological polar surface area (TPSA) is 112 Å². The maximum absolute atomic E-state index is 10.1. The molecule has 3 rings (SSSR count). The van der Waals surface area contributed by atoms with Crippen LogP contribution in [0.2, 0.25) is 0 Å². The second-order valence-electron chi connectivity index (χ2n) is 4.82. The van der Waals surface area contributed by atoms with Gasteiger partial charge in [0, 0.05) is 5.56 Å². The summed E-state index contributed by atoms with van der Waals surface area (Å²) in [6.45, 7) is -0.517. The van der Waals surface area contributed by atoms with E-state index in [1.807, 2.05) is 30.3 Å². The zero-order valence-corrected chi connectivity index (χ0v) is 11.7. The lowest BCUT2D eigenvalue weighted by atomic mass is 9.99. The van der Waals surface area contributed by atoms with Crippen molar-refractivity contribution in [2.45, 2.75) is 29.5 Å². The van der Waals surface area contributed by atoms with E-state index < -0.39 is 36.1 Å². The molecule has 0 aliphatic carbocycles. The first-order chi connectivity index (χ1) is 10.1. The van der Waals surface area contributed by atoms with Gasteiger partial charge < -0.3 is 30.0 Å². The van der Waals surface area contributed by atoms with Crippen molar-refractivity contribution in [2.24, 2.45) is 5.16 Å². The lowest BCUT2D eigenvalue weighted by Crippen LogP contribution is -2.63. The lowest BCUT2D eigenvalue weighted by Gasteiger charge is -2.43. The maximum atomic E-state index is 10.1. The third kappa shape index (κ3) is 2.44. The fraction of sp³-hybridized carbons (Fsp3) is 0.462. The molecule has 2 heterocycles. The Kier molecular flexibility index (Phi) is 3.91. The summed E-state index contributed by atoms with van der Waals surface area (Å²) in [5.41, 5.74) is 0.774. The van der Waals surface area contributed by atoms with Crippen molar-refractivity contribution in [1.82, 2.24) is 0 Å². The van der Waals surface area contributed by atoms with Crippen LogP contribution in [-0.4, -0.2) is 61.6 Å². The van der Waals surface area contributed by atoms with Crippen LogP contribution < -0.4 is 0 Å². The second-order valence-corrected chi connectivity index (χ2v) is 5.98. The minimum Gasteiger partial charge on any atom is -0.394 e. The summed E-state index contributed by atoms with van der Waals surface area (Å²) in [6.07, 6.45) is -5.49. The molecular weight excluding hydrogens is 298 g/mol. The van der Waals surface area contributed by atoms with Crippen molar-refractivity contribution >= 4 is 16.8 Å². The molecule has 114 valence electrons. The summed E-state index contributed by atoms with van der Waals surface area (Å²) in [5.74, 6) is 0. The molecule has 4 N–H and O–H groups in total. The number of rotatable bonds is 2. The molecule has 2 aliphatic rings.